The maximum atomic E-state index is 13.4. The highest BCUT2D eigenvalue weighted by Gasteiger charge is 2.37. The molecule has 1 saturated carbocycles. The molecule has 4 rings (SSSR count). The number of benzene rings is 1. The number of thioether (sulfide) groups is 1. The maximum Gasteiger partial charge on any atom is 0.270 e. The molecule has 1 aromatic carbocycles. The number of carbonyl (C=O) groups excluding carboxylic acids is 1. The summed E-state index contributed by atoms with van der Waals surface area (Å²) in [6.45, 7) is 4.22. The minimum absolute atomic E-state index is 0.0493. The number of halogens is 1. The summed E-state index contributed by atoms with van der Waals surface area (Å²) in [4.78, 5) is 28.6. The van der Waals surface area contributed by atoms with Crippen LogP contribution in [-0.4, -0.2) is 25.7 Å². The van der Waals surface area contributed by atoms with Crippen LogP contribution in [0.15, 0.2) is 34.0 Å². The molecule has 1 aliphatic carbocycles. The third-order valence-corrected chi connectivity index (χ3v) is 7.93. The Labute approximate surface area is 213 Å². The fourth-order valence-electron chi connectivity index (χ4n) is 4.71. The summed E-state index contributed by atoms with van der Waals surface area (Å²) in [5.41, 5.74) is 1.60. The highest BCUT2D eigenvalue weighted by molar-refractivity contribution is 8.26. The number of aromatic nitrogens is 1. The Hall–Kier alpha value is -2.96. The third kappa shape index (κ3) is 5.04. The second-order valence-corrected chi connectivity index (χ2v) is 10.4. The molecule has 2 aliphatic rings. The fourth-order valence-corrected chi connectivity index (χ4v) is 6.09. The molecular weight excluding hydrogens is 483 g/mol. The Morgan fingerprint density at radius 1 is 1.23 bits per heavy atom. The summed E-state index contributed by atoms with van der Waals surface area (Å²) >= 11 is 6.84. The minimum Gasteiger partial charge on any atom is -0.367 e. The second-order valence-electron chi connectivity index (χ2n) is 8.75. The molecule has 35 heavy (non-hydrogen) atoms. The highest BCUT2D eigenvalue weighted by Crippen LogP contribution is 2.38. The summed E-state index contributed by atoms with van der Waals surface area (Å²) in [6, 6.07) is 8.25. The zero-order valence-corrected chi connectivity index (χ0v) is 21.4. The van der Waals surface area contributed by atoms with Crippen molar-refractivity contribution in [2.75, 3.05) is 5.32 Å². The van der Waals surface area contributed by atoms with E-state index in [2.05, 4.69) is 5.32 Å². The lowest BCUT2D eigenvalue weighted by Gasteiger charge is -2.29. The lowest BCUT2D eigenvalue weighted by molar-refractivity contribution is -0.124. The summed E-state index contributed by atoms with van der Waals surface area (Å²) in [7, 11) is 0. The molecule has 1 aliphatic heterocycles. The van der Waals surface area contributed by atoms with Crippen molar-refractivity contribution in [1.82, 2.24) is 9.47 Å². The van der Waals surface area contributed by atoms with Crippen molar-refractivity contribution in [1.29, 1.82) is 5.26 Å². The zero-order valence-electron chi connectivity index (χ0n) is 19.8. The molecule has 0 spiro atoms. The Balaban J connectivity index is 1.76. The van der Waals surface area contributed by atoms with E-state index in [1.54, 1.807) is 30.0 Å². The lowest BCUT2D eigenvalue weighted by atomic mass is 9.94. The molecule has 2 fully saturated rings. The number of carbonyl (C=O) groups is 1. The second kappa shape index (κ2) is 10.8. The number of nitrogens with zero attached hydrogens (tertiary/aromatic N) is 3. The van der Waals surface area contributed by atoms with Crippen LogP contribution in [0.5, 0.6) is 0 Å². The van der Waals surface area contributed by atoms with Crippen LogP contribution < -0.4 is 10.9 Å². The Kier molecular flexibility index (Phi) is 7.72. The molecule has 1 N–H and O–H groups in total. The summed E-state index contributed by atoms with van der Waals surface area (Å²) in [5.74, 6) is 0.0684. The molecule has 1 aromatic heterocycles. The molecule has 0 unspecified atom stereocenters. The molecule has 0 bridgehead atoms. The van der Waals surface area contributed by atoms with Crippen LogP contribution in [-0.2, 0) is 17.9 Å². The first-order valence-corrected chi connectivity index (χ1v) is 13.0. The van der Waals surface area contributed by atoms with E-state index in [-0.39, 0.29) is 28.9 Å². The van der Waals surface area contributed by atoms with E-state index in [0.29, 0.717) is 39.3 Å². The van der Waals surface area contributed by atoms with Crippen molar-refractivity contribution in [2.45, 2.75) is 65.1 Å². The average Bonchev–Trinajstić information content (AvgIpc) is 3.14. The third-order valence-electron chi connectivity index (χ3n) is 6.60. The van der Waals surface area contributed by atoms with Gasteiger partial charge in [-0.3, -0.25) is 19.1 Å². The van der Waals surface area contributed by atoms with Crippen molar-refractivity contribution in [3.05, 3.63) is 67.6 Å². The minimum atomic E-state index is -0.388. The molecule has 6 nitrogen and oxygen atoms in total. The van der Waals surface area contributed by atoms with Gasteiger partial charge in [-0.05, 0) is 56.0 Å². The van der Waals surface area contributed by atoms with Gasteiger partial charge in [-0.1, -0.05) is 55.4 Å². The van der Waals surface area contributed by atoms with E-state index in [0.717, 1.165) is 31.2 Å². The van der Waals surface area contributed by atoms with E-state index >= 15 is 0 Å². The zero-order chi connectivity index (χ0) is 25.1. The van der Waals surface area contributed by atoms with Crippen molar-refractivity contribution in [2.24, 2.45) is 0 Å². The number of nitriles is 1. The SMILES string of the molecule is CCn1c(NCc2ccc(F)cc2)c(/C=C2/SC(=S)N(C3CCCCC3)C2=O)c(C)c(C#N)c1=O. The van der Waals surface area contributed by atoms with E-state index < -0.39 is 0 Å². The standard InChI is InChI=1S/C26H27FN4O2S2/c1-3-30-23(29-15-17-9-11-18(27)12-10-17)20(16(2)21(14-28)24(30)32)13-22-25(33)31(26(34)35-22)19-7-5-4-6-8-19/h9-13,19,29H,3-8,15H2,1-2H3/b22-13+. The van der Waals surface area contributed by atoms with Gasteiger partial charge in [0.05, 0.1) is 4.91 Å². The quantitative estimate of drug-likeness (QED) is 0.418. The normalized spacial score (nSPS) is 17.8. The van der Waals surface area contributed by atoms with Crippen molar-refractivity contribution in [3.63, 3.8) is 0 Å². The first-order valence-electron chi connectivity index (χ1n) is 11.8. The molecule has 2 heterocycles. The number of thiocarbonyl (C=S) groups is 1. The van der Waals surface area contributed by atoms with Crippen molar-refractivity contribution < 1.29 is 9.18 Å². The van der Waals surface area contributed by atoms with Crippen LogP contribution in [0.4, 0.5) is 10.2 Å². The number of hydrogen-bond donors (Lipinski definition) is 1. The van der Waals surface area contributed by atoms with Crippen LogP contribution in [0.25, 0.3) is 6.08 Å². The van der Waals surface area contributed by atoms with Crippen molar-refractivity contribution in [3.8, 4) is 6.07 Å². The van der Waals surface area contributed by atoms with Crippen LogP contribution in [0.3, 0.4) is 0 Å². The highest BCUT2D eigenvalue weighted by atomic mass is 32.2. The topological polar surface area (TPSA) is 78.1 Å². The van der Waals surface area contributed by atoms with E-state index in [1.807, 2.05) is 13.0 Å². The van der Waals surface area contributed by atoms with Gasteiger partial charge in [-0.2, -0.15) is 5.26 Å². The van der Waals surface area contributed by atoms with E-state index in [4.69, 9.17) is 12.2 Å². The van der Waals surface area contributed by atoms with Crippen LogP contribution in [0.2, 0.25) is 0 Å². The monoisotopic (exact) mass is 510 g/mol. The van der Waals surface area contributed by atoms with Gasteiger partial charge in [0.1, 0.15) is 27.6 Å². The van der Waals surface area contributed by atoms with Gasteiger partial charge in [0.15, 0.2) is 0 Å². The van der Waals surface area contributed by atoms with Crippen LogP contribution in [0, 0.1) is 24.1 Å². The molecule has 1 amide bonds. The number of hydrogen-bond acceptors (Lipinski definition) is 6. The summed E-state index contributed by atoms with van der Waals surface area (Å²) in [6.07, 6.45) is 7.00. The van der Waals surface area contributed by atoms with Gasteiger partial charge in [0.2, 0.25) is 0 Å². The van der Waals surface area contributed by atoms with Gasteiger partial charge in [-0.25, -0.2) is 4.39 Å². The number of amides is 1. The summed E-state index contributed by atoms with van der Waals surface area (Å²) < 4.78 is 15.4. The van der Waals surface area contributed by atoms with Gasteiger partial charge in [-0.15, -0.1) is 0 Å². The molecular formula is C26H27FN4O2S2. The van der Waals surface area contributed by atoms with Gasteiger partial charge >= 0.3 is 0 Å². The molecule has 9 heteroatoms. The van der Waals surface area contributed by atoms with Crippen LogP contribution in [0.1, 0.15) is 61.3 Å². The predicted octanol–water partition coefficient (Wildman–Crippen LogP) is 5.33. The smallest absolute Gasteiger partial charge is 0.270 e. The number of rotatable bonds is 6. The molecule has 0 radical (unpaired) electrons. The predicted molar refractivity (Wildman–Crippen MR) is 141 cm³/mol. The molecule has 2 aromatic rings. The maximum absolute atomic E-state index is 13.4. The molecule has 0 atom stereocenters. The lowest BCUT2D eigenvalue weighted by Crippen LogP contribution is -2.39. The van der Waals surface area contributed by atoms with Crippen molar-refractivity contribution >= 4 is 46.1 Å². The van der Waals surface area contributed by atoms with E-state index in [1.165, 1.54) is 34.9 Å². The Bertz CT molecular complexity index is 1290. The fraction of sp³-hybridized carbons (Fsp3) is 0.385. The Morgan fingerprint density at radius 3 is 2.54 bits per heavy atom. The molecule has 1 saturated heterocycles. The molecule has 182 valence electrons. The first kappa shape index (κ1) is 25.1. The van der Waals surface area contributed by atoms with E-state index in [9.17, 15) is 19.2 Å². The Morgan fingerprint density at radius 2 is 1.91 bits per heavy atom. The number of nitrogens with one attached hydrogen (secondary N) is 1. The summed E-state index contributed by atoms with van der Waals surface area (Å²) in [5, 5.41) is 13.0. The van der Waals surface area contributed by atoms with Gasteiger partial charge in [0, 0.05) is 24.7 Å². The average molecular weight is 511 g/mol. The van der Waals surface area contributed by atoms with Gasteiger partial charge < -0.3 is 5.32 Å². The first-order chi connectivity index (χ1) is 16.8. The van der Waals surface area contributed by atoms with Crippen LogP contribution >= 0.6 is 24.0 Å². The van der Waals surface area contributed by atoms with Gasteiger partial charge in [0.25, 0.3) is 11.5 Å². The number of pyridine rings is 1. The number of anilines is 1. The largest absolute Gasteiger partial charge is 0.367 e.